The number of carbonyl (C=O) groups is 1. The van der Waals surface area contributed by atoms with Crippen molar-refractivity contribution in [2.75, 3.05) is 20.1 Å². The summed E-state index contributed by atoms with van der Waals surface area (Å²) < 4.78 is 51.4. The number of hydrogen-bond acceptors (Lipinski definition) is 5. The molecule has 2 aromatic rings. The van der Waals surface area contributed by atoms with Crippen molar-refractivity contribution >= 4 is 15.9 Å². The molecule has 1 aromatic carbocycles. The lowest BCUT2D eigenvalue weighted by atomic mass is 10.1. The number of amides is 1. The number of carbonyl (C=O) groups excluding carboxylic acids is 1. The van der Waals surface area contributed by atoms with E-state index in [9.17, 15) is 27.1 Å². The van der Waals surface area contributed by atoms with Crippen molar-refractivity contribution in [3.63, 3.8) is 0 Å². The number of pyridine rings is 1. The van der Waals surface area contributed by atoms with Gasteiger partial charge in [0.05, 0.1) is 12.6 Å². The first-order chi connectivity index (χ1) is 12.2. The summed E-state index contributed by atoms with van der Waals surface area (Å²) in [5.41, 5.74) is 0.0838. The van der Waals surface area contributed by atoms with Crippen LogP contribution in [0.15, 0.2) is 47.6 Å². The maximum Gasteiger partial charge on any atom is 0.244 e. The monoisotopic (exact) mass is 385 g/mol. The van der Waals surface area contributed by atoms with Crippen LogP contribution in [0, 0.1) is 11.6 Å². The summed E-state index contributed by atoms with van der Waals surface area (Å²) in [6.07, 6.45) is 1.32. The Kier molecular flexibility index (Phi) is 6.35. The fraction of sp³-hybridized carbons (Fsp3) is 0.250. The van der Waals surface area contributed by atoms with E-state index in [1.54, 1.807) is 0 Å². The lowest BCUT2D eigenvalue weighted by Crippen LogP contribution is -2.39. The van der Waals surface area contributed by atoms with E-state index < -0.39 is 40.2 Å². The molecule has 0 bridgehead atoms. The van der Waals surface area contributed by atoms with Crippen LogP contribution in [0.1, 0.15) is 11.7 Å². The van der Waals surface area contributed by atoms with Gasteiger partial charge in [0.15, 0.2) is 11.6 Å². The molecule has 1 unspecified atom stereocenters. The van der Waals surface area contributed by atoms with Crippen LogP contribution in [0.3, 0.4) is 0 Å². The molecule has 0 saturated heterocycles. The van der Waals surface area contributed by atoms with Crippen LogP contribution in [0.2, 0.25) is 0 Å². The summed E-state index contributed by atoms with van der Waals surface area (Å²) in [6.45, 7) is -0.771. The van der Waals surface area contributed by atoms with Crippen LogP contribution in [0.25, 0.3) is 0 Å². The summed E-state index contributed by atoms with van der Waals surface area (Å²) in [5.74, 6) is -2.83. The summed E-state index contributed by atoms with van der Waals surface area (Å²) in [5, 5.41) is 12.3. The van der Waals surface area contributed by atoms with Gasteiger partial charge in [-0.25, -0.2) is 17.2 Å². The molecule has 7 nitrogen and oxygen atoms in total. The average molecular weight is 385 g/mol. The van der Waals surface area contributed by atoms with E-state index in [1.807, 2.05) is 0 Å². The molecule has 0 fully saturated rings. The molecule has 2 rings (SSSR count). The molecule has 1 atom stereocenters. The normalized spacial score (nSPS) is 12.8. The number of hydrogen-bond donors (Lipinski definition) is 2. The Morgan fingerprint density at radius 3 is 2.65 bits per heavy atom. The molecular weight excluding hydrogens is 368 g/mol. The quantitative estimate of drug-likeness (QED) is 0.736. The Morgan fingerprint density at radius 2 is 2.04 bits per heavy atom. The third-order valence-corrected chi connectivity index (χ3v) is 5.32. The van der Waals surface area contributed by atoms with Gasteiger partial charge >= 0.3 is 0 Å². The Bertz CT molecular complexity index is 878. The van der Waals surface area contributed by atoms with E-state index in [0.717, 1.165) is 22.6 Å². The Morgan fingerprint density at radius 1 is 1.31 bits per heavy atom. The highest BCUT2D eigenvalue weighted by molar-refractivity contribution is 7.89. The molecule has 0 saturated carbocycles. The molecule has 0 aliphatic rings. The van der Waals surface area contributed by atoms with E-state index in [4.69, 9.17) is 0 Å². The van der Waals surface area contributed by atoms with Crippen molar-refractivity contribution < 1.29 is 27.1 Å². The van der Waals surface area contributed by atoms with Gasteiger partial charge in [-0.2, -0.15) is 4.31 Å². The van der Waals surface area contributed by atoms with Gasteiger partial charge in [0.1, 0.15) is 4.90 Å². The van der Waals surface area contributed by atoms with Crippen molar-refractivity contribution in [1.82, 2.24) is 14.6 Å². The first-order valence-electron chi connectivity index (χ1n) is 7.48. The van der Waals surface area contributed by atoms with Crippen molar-refractivity contribution in [3.05, 3.63) is 59.9 Å². The number of nitrogens with zero attached hydrogens (tertiary/aromatic N) is 2. The second-order valence-electron chi connectivity index (χ2n) is 5.44. The van der Waals surface area contributed by atoms with Crippen LogP contribution in [0.5, 0.6) is 0 Å². The lowest BCUT2D eigenvalue weighted by Gasteiger charge is -2.18. The molecule has 0 aliphatic carbocycles. The maximum atomic E-state index is 13.2. The summed E-state index contributed by atoms with van der Waals surface area (Å²) >= 11 is 0. The zero-order valence-corrected chi connectivity index (χ0v) is 14.6. The number of benzene rings is 1. The van der Waals surface area contributed by atoms with Crippen LogP contribution < -0.4 is 5.32 Å². The Hall–Kier alpha value is -2.43. The first-order valence-corrected chi connectivity index (χ1v) is 8.92. The molecule has 0 aliphatic heterocycles. The molecule has 1 heterocycles. The highest BCUT2D eigenvalue weighted by Gasteiger charge is 2.23. The fourth-order valence-corrected chi connectivity index (χ4v) is 3.16. The predicted octanol–water partition coefficient (Wildman–Crippen LogP) is 0.830. The van der Waals surface area contributed by atoms with E-state index in [0.29, 0.717) is 0 Å². The van der Waals surface area contributed by atoms with Crippen LogP contribution in [0.4, 0.5) is 8.78 Å². The standard InChI is InChI=1S/C16H17F2N3O4S/c1-21(26(24,25)12-3-2-6-19-8-12)10-16(23)20-9-15(22)11-4-5-13(17)14(18)7-11/h2-8,15,22H,9-10H2,1H3,(H,20,23). The largest absolute Gasteiger partial charge is 0.387 e. The fourth-order valence-electron chi connectivity index (χ4n) is 2.07. The average Bonchev–Trinajstić information content (AvgIpc) is 2.62. The molecule has 0 spiro atoms. The molecular formula is C16H17F2N3O4S. The summed E-state index contributed by atoms with van der Waals surface area (Å²) in [6, 6.07) is 5.69. The minimum Gasteiger partial charge on any atom is -0.387 e. The van der Waals surface area contributed by atoms with Gasteiger partial charge in [-0.05, 0) is 29.8 Å². The van der Waals surface area contributed by atoms with Gasteiger partial charge in [-0.15, -0.1) is 0 Å². The number of halogens is 2. The number of aromatic nitrogens is 1. The van der Waals surface area contributed by atoms with E-state index in [-0.39, 0.29) is 17.0 Å². The maximum absolute atomic E-state index is 13.2. The summed E-state index contributed by atoms with van der Waals surface area (Å²) in [4.78, 5) is 15.6. The number of nitrogens with one attached hydrogen (secondary N) is 1. The van der Waals surface area contributed by atoms with Crippen molar-refractivity contribution in [2.45, 2.75) is 11.0 Å². The third-order valence-electron chi connectivity index (χ3n) is 3.53. The van der Waals surface area contributed by atoms with Crippen LogP contribution in [-0.2, 0) is 14.8 Å². The molecule has 2 N–H and O–H groups in total. The first kappa shape index (κ1) is 19.9. The van der Waals surface area contributed by atoms with Crippen molar-refractivity contribution in [2.24, 2.45) is 0 Å². The number of aliphatic hydroxyl groups is 1. The zero-order chi connectivity index (χ0) is 19.3. The summed E-state index contributed by atoms with van der Waals surface area (Å²) in [7, 11) is -2.65. The lowest BCUT2D eigenvalue weighted by molar-refractivity contribution is -0.121. The van der Waals surface area contributed by atoms with Gasteiger partial charge in [-0.1, -0.05) is 6.07 Å². The molecule has 26 heavy (non-hydrogen) atoms. The smallest absolute Gasteiger partial charge is 0.244 e. The Labute approximate surface area is 149 Å². The molecule has 1 aromatic heterocycles. The Balaban J connectivity index is 1.93. The van der Waals surface area contributed by atoms with Crippen LogP contribution in [-0.4, -0.2) is 48.9 Å². The van der Waals surface area contributed by atoms with Gasteiger partial charge < -0.3 is 10.4 Å². The highest BCUT2D eigenvalue weighted by atomic mass is 32.2. The molecule has 1 amide bonds. The van der Waals surface area contributed by atoms with Crippen molar-refractivity contribution in [3.8, 4) is 0 Å². The van der Waals surface area contributed by atoms with E-state index in [2.05, 4.69) is 10.3 Å². The second kappa shape index (κ2) is 8.30. The van der Waals surface area contributed by atoms with Gasteiger partial charge in [0.2, 0.25) is 15.9 Å². The SMILES string of the molecule is CN(CC(=O)NCC(O)c1ccc(F)c(F)c1)S(=O)(=O)c1cccnc1. The number of sulfonamides is 1. The molecule has 10 heteroatoms. The third kappa shape index (κ3) is 4.81. The van der Waals surface area contributed by atoms with Gasteiger partial charge in [-0.3, -0.25) is 9.78 Å². The topological polar surface area (TPSA) is 99.6 Å². The van der Waals surface area contributed by atoms with E-state index >= 15 is 0 Å². The zero-order valence-electron chi connectivity index (χ0n) is 13.8. The number of aliphatic hydroxyl groups excluding tert-OH is 1. The van der Waals surface area contributed by atoms with Gasteiger partial charge in [0.25, 0.3) is 0 Å². The minimum absolute atomic E-state index is 0.0582. The number of likely N-dealkylation sites (N-methyl/N-ethyl adjacent to an activating group) is 1. The number of rotatable bonds is 7. The van der Waals surface area contributed by atoms with E-state index in [1.165, 1.54) is 31.4 Å². The van der Waals surface area contributed by atoms with Crippen molar-refractivity contribution in [1.29, 1.82) is 0 Å². The van der Waals surface area contributed by atoms with Gasteiger partial charge in [0, 0.05) is 26.0 Å². The predicted molar refractivity (Wildman–Crippen MR) is 88.4 cm³/mol. The molecule has 140 valence electrons. The minimum atomic E-state index is -3.88. The van der Waals surface area contributed by atoms with Crippen LogP contribution >= 0.6 is 0 Å². The highest BCUT2D eigenvalue weighted by Crippen LogP contribution is 2.16. The molecule has 0 radical (unpaired) electrons. The second-order valence-corrected chi connectivity index (χ2v) is 7.49.